The molecule has 0 heterocycles. The van der Waals surface area contributed by atoms with Crippen molar-refractivity contribution in [2.45, 2.75) is 0 Å². The fraction of sp³-hybridized carbons (Fsp3) is 0. The van der Waals surface area contributed by atoms with Gasteiger partial charge in [0.2, 0.25) is 0 Å². The van der Waals surface area contributed by atoms with Gasteiger partial charge in [0.15, 0.2) is 0 Å². The highest BCUT2D eigenvalue weighted by Gasteiger charge is 2.25. The molecule has 2 aromatic carbocycles. The third kappa shape index (κ3) is 2.63. The Morgan fingerprint density at radius 2 is 1.65 bits per heavy atom. The molecule has 20 heavy (non-hydrogen) atoms. The minimum atomic E-state index is -0.619. The normalized spacial score (nSPS) is 10.3. The minimum Gasteiger partial charge on any atom is -0.258 e. The Morgan fingerprint density at radius 1 is 1.00 bits per heavy atom. The number of halogens is 2. The number of nitro benzene ring substituents is 2. The van der Waals surface area contributed by atoms with Crippen molar-refractivity contribution in [3.63, 3.8) is 0 Å². The van der Waals surface area contributed by atoms with E-state index in [-0.39, 0.29) is 27.5 Å². The van der Waals surface area contributed by atoms with Crippen molar-refractivity contribution in [3.05, 3.63) is 66.1 Å². The molecule has 0 saturated carbocycles. The van der Waals surface area contributed by atoms with E-state index in [1.807, 2.05) is 0 Å². The summed E-state index contributed by atoms with van der Waals surface area (Å²) in [6.45, 7) is 0. The Hall–Kier alpha value is -1.99. The van der Waals surface area contributed by atoms with E-state index in [2.05, 4.69) is 15.9 Å². The quantitative estimate of drug-likeness (QED) is 0.594. The second kappa shape index (κ2) is 5.56. The molecule has 0 aromatic heterocycles. The number of benzene rings is 2. The first-order valence-electron chi connectivity index (χ1n) is 5.29. The summed E-state index contributed by atoms with van der Waals surface area (Å²) < 4.78 is 0.562. The summed E-state index contributed by atoms with van der Waals surface area (Å²) in [5.74, 6) is 0. The maximum Gasteiger partial charge on any atom is 0.278 e. The summed E-state index contributed by atoms with van der Waals surface area (Å²) >= 11 is 9.19. The lowest BCUT2D eigenvalue weighted by molar-refractivity contribution is -0.386. The van der Waals surface area contributed by atoms with Crippen molar-refractivity contribution < 1.29 is 9.85 Å². The Bertz CT molecular complexity index is 721. The first-order valence-corrected chi connectivity index (χ1v) is 6.46. The van der Waals surface area contributed by atoms with Crippen molar-refractivity contribution >= 4 is 38.9 Å². The number of nitrogens with zero attached hydrogens (tertiary/aromatic N) is 2. The Balaban J connectivity index is 2.84. The predicted octanol–water partition coefficient (Wildman–Crippen LogP) is 4.59. The molecule has 2 rings (SSSR count). The average Bonchev–Trinajstić information content (AvgIpc) is 2.37. The van der Waals surface area contributed by atoms with Crippen LogP contribution >= 0.6 is 27.5 Å². The van der Waals surface area contributed by atoms with Crippen molar-refractivity contribution in [3.8, 4) is 11.1 Å². The maximum atomic E-state index is 11.1. The zero-order valence-electron chi connectivity index (χ0n) is 9.75. The molecule has 0 spiro atoms. The van der Waals surface area contributed by atoms with Crippen LogP contribution < -0.4 is 0 Å². The summed E-state index contributed by atoms with van der Waals surface area (Å²) in [6, 6.07) is 8.33. The molecule has 2 aromatic rings. The van der Waals surface area contributed by atoms with E-state index in [4.69, 9.17) is 11.6 Å². The van der Waals surface area contributed by atoms with E-state index in [1.165, 1.54) is 36.4 Å². The molecule has 0 aliphatic heterocycles. The molecule has 102 valence electrons. The smallest absolute Gasteiger partial charge is 0.258 e. The van der Waals surface area contributed by atoms with Crippen LogP contribution in [0.5, 0.6) is 0 Å². The van der Waals surface area contributed by atoms with Crippen LogP contribution in [0.25, 0.3) is 11.1 Å². The first-order chi connectivity index (χ1) is 9.41. The van der Waals surface area contributed by atoms with Gasteiger partial charge >= 0.3 is 0 Å². The Kier molecular flexibility index (Phi) is 4.01. The molecule has 0 aliphatic carbocycles. The van der Waals surface area contributed by atoms with Crippen molar-refractivity contribution in [1.82, 2.24) is 0 Å². The van der Waals surface area contributed by atoms with E-state index in [1.54, 1.807) is 0 Å². The third-order valence-electron chi connectivity index (χ3n) is 2.61. The monoisotopic (exact) mass is 356 g/mol. The molecule has 0 saturated heterocycles. The van der Waals surface area contributed by atoms with Gasteiger partial charge in [-0.1, -0.05) is 33.6 Å². The topological polar surface area (TPSA) is 86.3 Å². The van der Waals surface area contributed by atoms with Crippen LogP contribution in [-0.4, -0.2) is 9.85 Å². The van der Waals surface area contributed by atoms with E-state index in [9.17, 15) is 20.2 Å². The maximum absolute atomic E-state index is 11.1. The van der Waals surface area contributed by atoms with Crippen molar-refractivity contribution in [2.24, 2.45) is 0 Å². The first kappa shape index (κ1) is 14.4. The van der Waals surface area contributed by atoms with Crippen LogP contribution in [0.2, 0.25) is 5.02 Å². The molecule has 0 radical (unpaired) electrons. The highest BCUT2D eigenvalue weighted by Crippen LogP contribution is 2.41. The van der Waals surface area contributed by atoms with E-state index < -0.39 is 9.85 Å². The lowest BCUT2D eigenvalue weighted by Crippen LogP contribution is -1.97. The van der Waals surface area contributed by atoms with Crippen LogP contribution in [0.3, 0.4) is 0 Å². The highest BCUT2D eigenvalue weighted by molar-refractivity contribution is 9.10. The van der Waals surface area contributed by atoms with Crippen LogP contribution in [-0.2, 0) is 0 Å². The van der Waals surface area contributed by atoms with Gasteiger partial charge in [-0.15, -0.1) is 0 Å². The summed E-state index contributed by atoms with van der Waals surface area (Å²) in [7, 11) is 0. The third-order valence-corrected chi connectivity index (χ3v) is 3.42. The number of hydrogen-bond donors (Lipinski definition) is 0. The molecule has 0 unspecified atom stereocenters. The standard InChI is InChI=1S/C12H6BrClN2O4/c13-7-4-5-10(15(17)18)8(6-7)12-9(14)2-1-3-11(12)16(19)20/h1-6H. The highest BCUT2D eigenvalue weighted by atomic mass is 79.9. The molecule has 0 atom stereocenters. The fourth-order valence-electron chi connectivity index (χ4n) is 1.80. The van der Waals surface area contributed by atoms with Crippen LogP contribution in [0.1, 0.15) is 0 Å². The molecule has 0 bridgehead atoms. The van der Waals surface area contributed by atoms with Crippen LogP contribution in [0, 0.1) is 20.2 Å². The van der Waals surface area contributed by atoms with Gasteiger partial charge in [-0.3, -0.25) is 20.2 Å². The Labute approximate surface area is 126 Å². The second-order valence-corrected chi connectivity index (χ2v) is 5.13. The fourth-order valence-corrected chi connectivity index (χ4v) is 2.43. The summed E-state index contributed by atoms with van der Waals surface area (Å²) in [6.07, 6.45) is 0. The SMILES string of the molecule is O=[N+]([O-])c1ccc(Br)cc1-c1c(Cl)cccc1[N+](=O)[O-]. The van der Waals surface area contributed by atoms with Gasteiger partial charge < -0.3 is 0 Å². The van der Waals surface area contributed by atoms with Gasteiger partial charge in [-0.2, -0.15) is 0 Å². The zero-order valence-corrected chi connectivity index (χ0v) is 12.1. The number of rotatable bonds is 3. The molecule has 8 heteroatoms. The molecule has 0 aliphatic rings. The van der Waals surface area contributed by atoms with Crippen LogP contribution in [0.15, 0.2) is 40.9 Å². The van der Waals surface area contributed by atoms with Gasteiger partial charge in [0.05, 0.1) is 26.0 Å². The average molecular weight is 358 g/mol. The summed E-state index contributed by atoms with van der Waals surface area (Å²) in [5.41, 5.74) is -0.392. The van der Waals surface area contributed by atoms with Crippen molar-refractivity contribution in [1.29, 1.82) is 0 Å². The zero-order chi connectivity index (χ0) is 14.9. The van der Waals surface area contributed by atoms with E-state index >= 15 is 0 Å². The largest absolute Gasteiger partial charge is 0.278 e. The number of nitro groups is 2. The summed E-state index contributed by atoms with van der Waals surface area (Å²) in [4.78, 5) is 20.9. The lowest BCUT2D eigenvalue weighted by Gasteiger charge is -2.07. The van der Waals surface area contributed by atoms with Gasteiger partial charge in [0.25, 0.3) is 11.4 Å². The van der Waals surface area contributed by atoms with E-state index in [0.717, 1.165) is 0 Å². The van der Waals surface area contributed by atoms with Crippen molar-refractivity contribution in [2.75, 3.05) is 0 Å². The van der Waals surface area contributed by atoms with Crippen LogP contribution in [0.4, 0.5) is 11.4 Å². The number of hydrogen-bond acceptors (Lipinski definition) is 4. The van der Waals surface area contributed by atoms with Gasteiger partial charge in [-0.25, -0.2) is 0 Å². The molecule has 6 nitrogen and oxygen atoms in total. The molecular weight excluding hydrogens is 351 g/mol. The molecule has 0 N–H and O–H groups in total. The van der Waals surface area contributed by atoms with Gasteiger partial charge in [0, 0.05) is 16.6 Å². The molecule has 0 amide bonds. The predicted molar refractivity (Wildman–Crippen MR) is 77.9 cm³/mol. The lowest BCUT2D eigenvalue weighted by atomic mass is 10.0. The van der Waals surface area contributed by atoms with Gasteiger partial charge in [0.1, 0.15) is 0 Å². The van der Waals surface area contributed by atoms with Gasteiger partial charge in [-0.05, 0) is 18.2 Å². The summed E-state index contributed by atoms with van der Waals surface area (Å²) in [5, 5.41) is 22.2. The Morgan fingerprint density at radius 3 is 2.25 bits per heavy atom. The molecular formula is C12H6BrClN2O4. The second-order valence-electron chi connectivity index (χ2n) is 3.81. The van der Waals surface area contributed by atoms with E-state index in [0.29, 0.717) is 4.47 Å². The minimum absolute atomic E-state index is 0.0344. The molecule has 0 fully saturated rings.